The first-order chi connectivity index (χ1) is 7.81. The molecule has 1 fully saturated rings. The van der Waals surface area contributed by atoms with Crippen LogP contribution >= 0.6 is 0 Å². The van der Waals surface area contributed by atoms with E-state index in [9.17, 15) is 0 Å². The van der Waals surface area contributed by atoms with Crippen LogP contribution in [0.25, 0.3) is 0 Å². The molecule has 0 aromatic heterocycles. The van der Waals surface area contributed by atoms with Gasteiger partial charge in [0.1, 0.15) is 0 Å². The van der Waals surface area contributed by atoms with Crippen molar-refractivity contribution in [1.29, 1.82) is 0 Å². The standard InChI is InChI=1S/C15H23N/c1-12(9-10-16)14-7-4-8-15(11-14)13-5-2-3-6-13/h4,7-8,11-13H,2-3,5-6,9-10,16H2,1H3. The number of hydrogen-bond acceptors (Lipinski definition) is 1. The summed E-state index contributed by atoms with van der Waals surface area (Å²) in [5, 5.41) is 0. The van der Waals surface area contributed by atoms with Gasteiger partial charge in [-0.3, -0.25) is 0 Å². The van der Waals surface area contributed by atoms with Crippen LogP contribution in [0, 0.1) is 0 Å². The first-order valence-corrected chi connectivity index (χ1v) is 6.61. The van der Waals surface area contributed by atoms with Gasteiger partial charge >= 0.3 is 0 Å². The highest BCUT2D eigenvalue weighted by molar-refractivity contribution is 5.29. The third-order valence-electron chi connectivity index (χ3n) is 3.91. The van der Waals surface area contributed by atoms with Gasteiger partial charge in [0.25, 0.3) is 0 Å². The Morgan fingerprint density at radius 3 is 2.75 bits per heavy atom. The van der Waals surface area contributed by atoms with E-state index >= 15 is 0 Å². The fourth-order valence-electron chi connectivity index (χ4n) is 2.80. The van der Waals surface area contributed by atoms with Crippen molar-refractivity contribution in [3.8, 4) is 0 Å². The third kappa shape index (κ3) is 2.65. The highest BCUT2D eigenvalue weighted by Gasteiger charge is 2.17. The molecule has 0 spiro atoms. The normalized spacial score (nSPS) is 18.9. The summed E-state index contributed by atoms with van der Waals surface area (Å²) >= 11 is 0. The SMILES string of the molecule is CC(CCN)c1cccc(C2CCCC2)c1. The van der Waals surface area contributed by atoms with Crippen LogP contribution in [0.5, 0.6) is 0 Å². The zero-order valence-corrected chi connectivity index (χ0v) is 10.3. The minimum Gasteiger partial charge on any atom is -0.330 e. The van der Waals surface area contributed by atoms with E-state index in [4.69, 9.17) is 5.73 Å². The van der Waals surface area contributed by atoms with Gasteiger partial charge < -0.3 is 5.73 Å². The monoisotopic (exact) mass is 217 g/mol. The summed E-state index contributed by atoms with van der Waals surface area (Å²) in [6, 6.07) is 9.18. The van der Waals surface area contributed by atoms with Crippen molar-refractivity contribution in [1.82, 2.24) is 0 Å². The van der Waals surface area contributed by atoms with Gasteiger partial charge in [0.2, 0.25) is 0 Å². The molecule has 1 saturated carbocycles. The molecule has 0 bridgehead atoms. The molecule has 0 radical (unpaired) electrons. The van der Waals surface area contributed by atoms with Gasteiger partial charge in [-0.2, -0.15) is 0 Å². The number of nitrogens with two attached hydrogens (primary N) is 1. The Labute approximate surface area is 99.0 Å². The Hall–Kier alpha value is -0.820. The van der Waals surface area contributed by atoms with Crippen LogP contribution in [0.4, 0.5) is 0 Å². The van der Waals surface area contributed by atoms with Crippen LogP contribution in [0.2, 0.25) is 0 Å². The summed E-state index contributed by atoms with van der Waals surface area (Å²) in [5.74, 6) is 1.43. The predicted octanol–water partition coefficient (Wildman–Crippen LogP) is 3.80. The maximum atomic E-state index is 5.63. The van der Waals surface area contributed by atoms with E-state index in [0.717, 1.165) is 18.9 Å². The first kappa shape index (κ1) is 11.7. The molecule has 16 heavy (non-hydrogen) atoms. The van der Waals surface area contributed by atoms with Gasteiger partial charge in [0, 0.05) is 0 Å². The lowest BCUT2D eigenvalue weighted by molar-refractivity contribution is 0.680. The molecule has 2 rings (SSSR count). The second kappa shape index (κ2) is 5.49. The molecule has 1 aliphatic carbocycles. The second-order valence-corrected chi connectivity index (χ2v) is 5.13. The first-order valence-electron chi connectivity index (χ1n) is 6.61. The number of rotatable bonds is 4. The Morgan fingerprint density at radius 1 is 1.31 bits per heavy atom. The Bertz CT molecular complexity index is 326. The van der Waals surface area contributed by atoms with Gasteiger partial charge in [-0.05, 0) is 48.8 Å². The Morgan fingerprint density at radius 2 is 2.06 bits per heavy atom. The molecular weight excluding hydrogens is 194 g/mol. The van der Waals surface area contributed by atoms with Crippen LogP contribution in [0.3, 0.4) is 0 Å². The quantitative estimate of drug-likeness (QED) is 0.815. The van der Waals surface area contributed by atoms with Crippen LogP contribution < -0.4 is 5.73 Å². The summed E-state index contributed by atoms with van der Waals surface area (Å²) in [6.45, 7) is 3.06. The van der Waals surface area contributed by atoms with Crippen LogP contribution in [0.1, 0.15) is 62.0 Å². The molecule has 1 unspecified atom stereocenters. The van der Waals surface area contributed by atoms with E-state index < -0.39 is 0 Å². The largest absolute Gasteiger partial charge is 0.330 e. The Kier molecular flexibility index (Phi) is 4.00. The average Bonchev–Trinajstić information content (AvgIpc) is 2.83. The lowest BCUT2D eigenvalue weighted by Gasteiger charge is -2.15. The highest BCUT2D eigenvalue weighted by Crippen LogP contribution is 2.35. The van der Waals surface area contributed by atoms with Crippen molar-refractivity contribution in [3.05, 3.63) is 35.4 Å². The summed E-state index contributed by atoms with van der Waals surface area (Å²) in [7, 11) is 0. The lowest BCUT2D eigenvalue weighted by Crippen LogP contribution is -2.05. The van der Waals surface area contributed by atoms with Gasteiger partial charge in [-0.25, -0.2) is 0 Å². The molecular formula is C15H23N. The van der Waals surface area contributed by atoms with Gasteiger partial charge in [-0.15, -0.1) is 0 Å². The third-order valence-corrected chi connectivity index (χ3v) is 3.91. The summed E-state index contributed by atoms with van der Waals surface area (Å²) < 4.78 is 0. The number of hydrogen-bond donors (Lipinski definition) is 1. The van der Waals surface area contributed by atoms with Gasteiger partial charge in [-0.1, -0.05) is 44.0 Å². The molecule has 0 amide bonds. The lowest BCUT2D eigenvalue weighted by atomic mass is 9.91. The molecule has 1 nitrogen and oxygen atoms in total. The second-order valence-electron chi connectivity index (χ2n) is 5.13. The molecule has 0 saturated heterocycles. The predicted molar refractivity (Wildman–Crippen MR) is 69.7 cm³/mol. The minimum atomic E-state index is 0.603. The van der Waals surface area contributed by atoms with Crippen LogP contribution in [0.15, 0.2) is 24.3 Å². The summed E-state index contributed by atoms with van der Waals surface area (Å²) in [5.41, 5.74) is 8.65. The van der Waals surface area contributed by atoms with Crippen molar-refractivity contribution in [2.75, 3.05) is 6.54 Å². The van der Waals surface area contributed by atoms with Gasteiger partial charge in [0.15, 0.2) is 0 Å². The molecule has 2 N–H and O–H groups in total. The number of benzene rings is 1. The summed E-state index contributed by atoms with van der Waals surface area (Å²) in [4.78, 5) is 0. The maximum absolute atomic E-state index is 5.63. The van der Waals surface area contributed by atoms with E-state index in [0.29, 0.717) is 5.92 Å². The smallest absolute Gasteiger partial charge is 0.00715 e. The van der Waals surface area contributed by atoms with Crippen molar-refractivity contribution in [3.63, 3.8) is 0 Å². The van der Waals surface area contributed by atoms with Crippen LogP contribution in [-0.2, 0) is 0 Å². The maximum Gasteiger partial charge on any atom is -0.00715 e. The zero-order valence-electron chi connectivity index (χ0n) is 10.3. The topological polar surface area (TPSA) is 26.0 Å². The zero-order chi connectivity index (χ0) is 11.4. The minimum absolute atomic E-state index is 0.603. The molecule has 1 aromatic rings. The molecule has 88 valence electrons. The molecule has 0 heterocycles. The summed E-state index contributed by atoms with van der Waals surface area (Å²) in [6.07, 6.45) is 6.68. The van der Waals surface area contributed by atoms with E-state index in [2.05, 4.69) is 31.2 Å². The van der Waals surface area contributed by atoms with Crippen molar-refractivity contribution in [2.45, 2.75) is 50.9 Å². The molecule has 1 atom stereocenters. The average molecular weight is 217 g/mol. The van der Waals surface area contributed by atoms with E-state index in [1.165, 1.54) is 31.2 Å². The molecule has 1 aromatic carbocycles. The van der Waals surface area contributed by atoms with Crippen molar-refractivity contribution in [2.24, 2.45) is 5.73 Å². The van der Waals surface area contributed by atoms with Crippen molar-refractivity contribution < 1.29 is 0 Å². The Balaban J connectivity index is 2.12. The van der Waals surface area contributed by atoms with Crippen molar-refractivity contribution >= 4 is 0 Å². The molecule has 1 aliphatic rings. The van der Waals surface area contributed by atoms with E-state index in [-0.39, 0.29) is 0 Å². The van der Waals surface area contributed by atoms with E-state index in [1.807, 2.05) is 0 Å². The fourth-order valence-corrected chi connectivity index (χ4v) is 2.80. The highest BCUT2D eigenvalue weighted by atomic mass is 14.5. The molecule has 1 heteroatoms. The van der Waals surface area contributed by atoms with E-state index in [1.54, 1.807) is 5.56 Å². The fraction of sp³-hybridized carbons (Fsp3) is 0.600. The van der Waals surface area contributed by atoms with Crippen LogP contribution in [-0.4, -0.2) is 6.54 Å². The molecule has 0 aliphatic heterocycles. The van der Waals surface area contributed by atoms with Gasteiger partial charge in [0.05, 0.1) is 0 Å².